The van der Waals surface area contributed by atoms with Crippen molar-refractivity contribution in [1.82, 2.24) is 14.5 Å². The quantitative estimate of drug-likeness (QED) is 0.733. The van der Waals surface area contributed by atoms with Crippen molar-refractivity contribution in [2.24, 2.45) is 0 Å². The molecule has 2 aromatic heterocycles. The minimum absolute atomic E-state index is 0.0707. The SMILES string of the molecule is CCOC(=O)CC(c1ccccc1)n1c(=O)[nH]c2cccnc21. The van der Waals surface area contributed by atoms with Crippen molar-refractivity contribution >= 4 is 17.1 Å². The van der Waals surface area contributed by atoms with E-state index in [2.05, 4.69) is 9.97 Å². The fourth-order valence-electron chi connectivity index (χ4n) is 2.66. The highest BCUT2D eigenvalue weighted by molar-refractivity contribution is 5.73. The van der Waals surface area contributed by atoms with Gasteiger partial charge in [-0.1, -0.05) is 30.3 Å². The molecule has 1 aromatic carbocycles. The summed E-state index contributed by atoms with van der Waals surface area (Å²) in [7, 11) is 0. The molecule has 0 saturated heterocycles. The lowest BCUT2D eigenvalue weighted by Gasteiger charge is -2.18. The zero-order chi connectivity index (χ0) is 16.2. The maximum Gasteiger partial charge on any atom is 0.328 e. The zero-order valence-corrected chi connectivity index (χ0v) is 12.7. The van der Waals surface area contributed by atoms with Crippen LogP contribution in [0.15, 0.2) is 53.5 Å². The molecule has 0 bridgehead atoms. The fraction of sp³-hybridized carbons (Fsp3) is 0.235. The Kier molecular flexibility index (Phi) is 4.23. The lowest BCUT2D eigenvalue weighted by atomic mass is 10.0. The first-order valence-corrected chi connectivity index (χ1v) is 7.46. The molecule has 1 atom stereocenters. The number of aromatic nitrogens is 3. The van der Waals surface area contributed by atoms with E-state index in [1.807, 2.05) is 30.3 Å². The number of ether oxygens (including phenoxy) is 1. The number of pyridine rings is 1. The summed E-state index contributed by atoms with van der Waals surface area (Å²) < 4.78 is 6.57. The maximum absolute atomic E-state index is 12.4. The monoisotopic (exact) mass is 311 g/mol. The largest absolute Gasteiger partial charge is 0.466 e. The average Bonchev–Trinajstić information content (AvgIpc) is 2.89. The number of aromatic amines is 1. The summed E-state index contributed by atoms with van der Waals surface area (Å²) in [5.41, 5.74) is 1.73. The molecule has 0 fully saturated rings. The first-order valence-electron chi connectivity index (χ1n) is 7.46. The molecule has 23 heavy (non-hydrogen) atoms. The Morgan fingerprint density at radius 3 is 2.78 bits per heavy atom. The van der Waals surface area contributed by atoms with Crippen molar-refractivity contribution < 1.29 is 9.53 Å². The topological polar surface area (TPSA) is 77.0 Å². The van der Waals surface area contributed by atoms with Gasteiger partial charge in [-0.2, -0.15) is 0 Å². The number of benzene rings is 1. The van der Waals surface area contributed by atoms with Crippen molar-refractivity contribution in [2.75, 3.05) is 6.61 Å². The van der Waals surface area contributed by atoms with E-state index < -0.39 is 6.04 Å². The number of rotatable bonds is 5. The number of hydrogen-bond donors (Lipinski definition) is 1. The minimum Gasteiger partial charge on any atom is -0.466 e. The van der Waals surface area contributed by atoms with Crippen molar-refractivity contribution in [3.63, 3.8) is 0 Å². The van der Waals surface area contributed by atoms with Gasteiger partial charge in [0.15, 0.2) is 5.65 Å². The lowest BCUT2D eigenvalue weighted by molar-refractivity contribution is -0.143. The number of nitrogens with one attached hydrogen (secondary N) is 1. The second-order valence-electron chi connectivity index (χ2n) is 5.11. The van der Waals surface area contributed by atoms with Crippen LogP contribution in [0.3, 0.4) is 0 Å². The zero-order valence-electron chi connectivity index (χ0n) is 12.7. The molecule has 2 heterocycles. The van der Waals surface area contributed by atoms with Gasteiger partial charge in [0.2, 0.25) is 0 Å². The molecule has 1 N–H and O–H groups in total. The van der Waals surface area contributed by atoms with Gasteiger partial charge in [-0.15, -0.1) is 0 Å². The van der Waals surface area contributed by atoms with E-state index in [0.717, 1.165) is 5.56 Å². The minimum atomic E-state index is -0.466. The van der Waals surface area contributed by atoms with Gasteiger partial charge in [-0.25, -0.2) is 9.78 Å². The van der Waals surface area contributed by atoms with Gasteiger partial charge in [0.05, 0.1) is 24.6 Å². The van der Waals surface area contributed by atoms with Crippen LogP contribution in [0.1, 0.15) is 24.9 Å². The summed E-state index contributed by atoms with van der Waals surface area (Å²) in [5, 5.41) is 0. The summed E-state index contributed by atoms with van der Waals surface area (Å²) in [6, 6.07) is 12.5. The molecule has 6 nitrogen and oxygen atoms in total. The molecular weight excluding hydrogens is 294 g/mol. The van der Waals surface area contributed by atoms with Crippen LogP contribution in [0, 0.1) is 0 Å². The van der Waals surface area contributed by atoms with E-state index in [4.69, 9.17) is 4.74 Å². The number of hydrogen-bond acceptors (Lipinski definition) is 4. The van der Waals surface area contributed by atoms with Gasteiger partial charge in [0.25, 0.3) is 0 Å². The molecular formula is C17H17N3O3. The standard InChI is InChI=1S/C17H17N3O3/c1-2-23-15(21)11-14(12-7-4-3-5-8-12)20-16-13(19-17(20)22)9-6-10-18-16/h3-10,14H,2,11H2,1H3,(H,19,22). The summed E-state index contributed by atoms with van der Waals surface area (Å²) in [4.78, 5) is 31.5. The third-order valence-electron chi connectivity index (χ3n) is 3.64. The van der Waals surface area contributed by atoms with Crippen molar-refractivity contribution in [2.45, 2.75) is 19.4 Å². The second kappa shape index (κ2) is 6.48. The van der Waals surface area contributed by atoms with Crippen LogP contribution in [0.2, 0.25) is 0 Å². The fourth-order valence-corrected chi connectivity index (χ4v) is 2.66. The molecule has 1 unspecified atom stereocenters. The number of carbonyl (C=O) groups excluding carboxylic acids is 1. The highest BCUT2D eigenvalue weighted by atomic mass is 16.5. The molecule has 0 aliphatic heterocycles. The van der Waals surface area contributed by atoms with Crippen LogP contribution in [0.25, 0.3) is 11.2 Å². The number of esters is 1. The normalized spacial score (nSPS) is 12.2. The summed E-state index contributed by atoms with van der Waals surface area (Å²) in [6.45, 7) is 2.07. The number of nitrogens with zero attached hydrogens (tertiary/aromatic N) is 2. The van der Waals surface area contributed by atoms with Crippen LogP contribution < -0.4 is 5.69 Å². The Hall–Kier alpha value is -2.89. The number of H-pyrrole nitrogens is 1. The Morgan fingerprint density at radius 2 is 2.04 bits per heavy atom. The second-order valence-corrected chi connectivity index (χ2v) is 5.11. The third-order valence-corrected chi connectivity index (χ3v) is 3.64. The van der Waals surface area contributed by atoms with Crippen molar-refractivity contribution in [3.05, 3.63) is 64.7 Å². The highest BCUT2D eigenvalue weighted by Crippen LogP contribution is 2.24. The molecule has 0 radical (unpaired) electrons. The van der Waals surface area contributed by atoms with E-state index in [0.29, 0.717) is 17.8 Å². The maximum atomic E-state index is 12.4. The number of imidazole rings is 1. The van der Waals surface area contributed by atoms with Gasteiger partial charge >= 0.3 is 11.7 Å². The molecule has 118 valence electrons. The Balaban J connectivity index is 2.12. The van der Waals surface area contributed by atoms with Crippen LogP contribution in [-0.4, -0.2) is 27.1 Å². The van der Waals surface area contributed by atoms with Gasteiger partial charge in [0.1, 0.15) is 0 Å². The third kappa shape index (κ3) is 3.01. The van der Waals surface area contributed by atoms with Gasteiger partial charge in [0, 0.05) is 6.20 Å². The molecule has 0 aliphatic rings. The number of carbonyl (C=O) groups is 1. The average molecular weight is 311 g/mol. The molecule has 0 aliphatic carbocycles. The summed E-state index contributed by atoms with van der Waals surface area (Å²) >= 11 is 0. The van der Waals surface area contributed by atoms with Crippen LogP contribution in [-0.2, 0) is 9.53 Å². The molecule has 0 amide bonds. The van der Waals surface area contributed by atoms with E-state index in [9.17, 15) is 9.59 Å². The Labute approximate surface area is 132 Å². The van der Waals surface area contributed by atoms with Crippen LogP contribution in [0.4, 0.5) is 0 Å². The smallest absolute Gasteiger partial charge is 0.328 e. The van der Waals surface area contributed by atoms with E-state index in [1.54, 1.807) is 25.3 Å². The van der Waals surface area contributed by atoms with Crippen molar-refractivity contribution in [1.29, 1.82) is 0 Å². The van der Waals surface area contributed by atoms with Crippen LogP contribution >= 0.6 is 0 Å². The van der Waals surface area contributed by atoms with Gasteiger partial charge in [-0.05, 0) is 24.6 Å². The molecule has 3 rings (SSSR count). The molecule has 0 saturated carbocycles. The first kappa shape index (κ1) is 15.0. The Bertz CT molecular complexity index is 867. The first-order chi connectivity index (χ1) is 11.2. The predicted octanol–water partition coefficient (Wildman–Crippen LogP) is 2.27. The summed E-state index contributed by atoms with van der Waals surface area (Å²) in [5.74, 6) is -0.349. The van der Waals surface area contributed by atoms with Crippen LogP contribution in [0.5, 0.6) is 0 Å². The van der Waals surface area contributed by atoms with Crippen molar-refractivity contribution in [3.8, 4) is 0 Å². The van der Waals surface area contributed by atoms with Gasteiger partial charge in [-0.3, -0.25) is 9.36 Å². The molecule has 3 aromatic rings. The highest BCUT2D eigenvalue weighted by Gasteiger charge is 2.23. The van der Waals surface area contributed by atoms with E-state index in [1.165, 1.54) is 4.57 Å². The molecule has 0 spiro atoms. The van der Waals surface area contributed by atoms with Gasteiger partial charge < -0.3 is 9.72 Å². The van der Waals surface area contributed by atoms with E-state index in [-0.39, 0.29) is 18.1 Å². The predicted molar refractivity (Wildman–Crippen MR) is 86.2 cm³/mol. The summed E-state index contributed by atoms with van der Waals surface area (Å²) in [6.07, 6.45) is 1.69. The lowest BCUT2D eigenvalue weighted by Crippen LogP contribution is -2.26. The Morgan fingerprint density at radius 1 is 1.26 bits per heavy atom. The number of fused-ring (bicyclic) bond motifs is 1. The van der Waals surface area contributed by atoms with E-state index >= 15 is 0 Å². The molecule has 6 heteroatoms.